The second-order valence-corrected chi connectivity index (χ2v) is 18.8. The smallest absolute Gasteiger partial charge is 0.148 e. The Morgan fingerprint density at radius 1 is 0.642 bits per heavy atom. The van der Waals surface area contributed by atoms with Crippen molar-refractivity contribution in [2.45, 2.75) is 131 Å². The Bertz CT molecular complexity index is 3920. The number of para-hydroxylation sites is 1. The number of nitrogens with zero attached hydrogens (tertiary/aromatic N) is 3. The number of hydrogen-bond donors (Lipinski definition) is 1. The Morgan fingerprint density at radius 2 is 1.27 bits per heavy atom. The first-order chi connectivity index (χ1) is 39.1. The maximum absolute atomic E-state index is 12.4. The van der Waals surface area contributed by atoms with E-state index in [9.17, 15) is 9.22 Å². The topological polar surface area (TPSA) is 50.9 Å². The number of rotatable bonds is 10. The Labute approximate surface area is 443 Å². The van der Waals surface area contributed by atoms with Gasteiger partial charge in [0.05, 0.1) is 26.2 Å². The van der Waals surface area contributed by atoms with E-state index in [-0.39, 0.29) is 55.0 Å². The van der Waals surface area contributed by atoms with Crippen molar-refractivity contribution in [1.29, 1.82) is 0 Å². The third kappa shape index (κ3) is 9.89. The van der Waals surface area contributed by atoms with Crippen LogP contribution in [0.25, 0.3) is 72.7 Å². The number of aromatic nitrogens is 3. The van der Waals surface area contributed by atoms with Gasteiger partial charge in [0.2, 0.25) is 0 Å². The maximum Gasteiger partial charge on any atom is 0.148 e. The summed E-state index contributed by atoms with van der Waals surface area (Å²) in [6, 6.07) is 22.3. The van der Waals surface area contributed by atoms with E-state index in [1.807, 2.05) is 79.9 Å². The molecule has 4 nitrogen and oxygen atoms in total. The summed E-state index contributed by atoms with van der Waals surface area (Å²) in [4.78, 5) is 9.69. The predicted octanol–water partition coefficient (Wildman–Crippen LogP) is 17.3. The fourth-order valence-corrected chi connectivity index (χ4v) is 8.18. The van der Waals surface area contributed by atoms with E-state index in [0.717, 1.165) is 22.3 Å². The first-order valence-electron chi connectivity index (χ1n) is 31.9. The van der Waals surface area contributed by atoms with Gasteiger partial charge in [0.25, 0.3) is 0 Å². The standard InChI is InChI=1S/C62H68N3O.Pt/c1-37(2)44-34-53(40(7)8)59(66)54(35-44)60-64-58-52(19-16-20-56(58)65(60)49-27-23-42(24-28-49)57-50(38(3)4)17-15-18-51(57)39(5)6)45-31-46(33-48(32-45)62(12,13)14)55-36-43(29-30-63-55)41-21-25-47(26-22-41)61(9,10)11;/h15-30,32-40,66H,1-14H3;/q-1;/i9D3,10D3,11D3,21D,22D,25D,26D,29D,30D,36D,37D,38D,39D,40D;. The van der Waals surface area contributed by atoms with E-state index in [0.29, 0.717) is 39.0 Å². The van der Waals surface area contributed by atoms with Gasteiger partial charge in [0.1, 0.15) is 11.6 Å². The van der Waals surface area contributed by atoms with Crippen molar-refractivity contribution < 1.29 is 53.6 Å². The van der Waals surface area contributed by atoms with Crippen LogP contribution in [0.2, 0.25) is 0 Å². The summed E-state index contributed by atoms with van der Waals surface area (Å²) in [6.07, 6.45) is -0.791. The molecule has 0 saturated carbocycles. The Hall–Kier alpha value is -5.57. The molecule has 0 amide bonds. The molecule has 0 fully saturated rings. The summed E-state index contributed by atoms with van der Waals surface area (Å²) in [6.45, 7) is 7.77. The van der Waals surface area contributed by atoms with Crippen LogP contribution in [-0.4, -0.2) is 19.6 Å². The van der Waals surface area contributed by atoms with Crippen molar-refractivity contribution in [2.75, 3.05) is 0 Å². The molecular formula is C62H68N3OPt-. The zero-order chi connectivity index (χ0) is 64.7. The first-order valence-corrected chi connectivity index (χ1v) is 21.9. The largest absolute Gasteiger partial charge is 0.507 e. The molecule has 2 heterocycles. The van der Waals surface area contributed by atoms with E-state index in [1.165, 1.54) is 0 Å². The van der Waals surface area contributed by atoms with Crippen LogP contribution >= 0.6 is 0 Å². The van der Waals surface area contributed by atoms with Gasteiger partial charge in [0.15, 0.2) is 0 Å². The molecule has 1 N–H and O–H groups in total. The number of pyridine rings is 1. The number of phenols is 1. The van der Waals surface area contributed by atoms with Crippen LogP contribution in [0.4, 0.5) is 0 Å². The molecule has 8 aromatic rings. The molecule has 0 spiro atoms. The van der Waals surface area contributed by atoms with E-state index in [2.05, 4.69) is 11.1 Å². The number of imidazole rings is 1. The van der Waals surface area contributed by atoms with Crippen LogP contribution in [-0.2, 0) is 31.9 Å². The number of hydrogen-bond acceptors (Lipinski definition) is 3. The van der Waals surface area contributed by atoms with Crippen molar-refractivity contribution in [3.8, 4) is 67.5 Å². The molecule has 0 atom stereocenters. The summed E-state index contributed by atoms with van der Waals surface area (Å²) >= 11 is 0. The summed E-state index contributed by atoms with van der Waals surface area (Å²) < 4.78 is 177. The van der Waals surface area contributed by atoms with Crippen molar-refractivity contribution in [3.05, 3.63) is 167 Å². The molecule has 0 bridgehead atoms. The van der Waals surface area contributed by atoms with Crippen molar-refractivity contribution >= 4 is 11.0 Å². The van der Waals surface area contributed by atoms with Crippen LogP contribution in [0.3, 0.4) is 0 Å². The molecule has 67 heavy (non-hydrogen) atoms. The third-order valence-electron chi connectivity index (χ3n) is 11.8. The molecule has 0 aliphatic heterocycles. The van der Waals surface area contributed by atoms with Crippen LogP contribution < -0.4 is 0 Å². The number of phenolic OH excluding ortho intramolecular Hbond substituents is 1. The van der Waals surface area contributed by atoms with E-state index in [4.69, 9.17) is 28.3 Å². The summed E-state index contributed by atoms with van der Waals surface area (Å²) in [5, 5.41) is 12.4. The normalized spacial score (nSPS) is 17.7. The summed E-state index contributed by atoms with van der Waals surface area (Å²) in [5.41, 5.74) is -0.910. The Kier molecular flexibility index (Phi) is 8.41. The number of fused-ring (bicyclic) bond motifs is 1. The van der Waals surface area contributed by atoms with Gasteiger partial charge in [-0.05, 0) is 115 Å². The second-order valence-electron chi connectivity index (χ2n) is 18.8. The maximum atomic E-state index is 12.4. The minimum Gasteiger partial charge on any atom is -0.507 e. The van der Waals surface area contributed by atoms with Crippen LogP contribution in [0, 0.1) is 6.07 Å². The predicted molar refractivity (Wildman–Crippen MR) is 280 cm³/mol. The van der Waals surface area contributed by atoms with Gasteiger partial charge in [-0.1, -0.05) is 187 Å². The fraction of sp³-hybridized carbons (Fsp3) is 0.323. The average Bonchev–Trinajstić information content (AvgIpc) is 1.08. The Balaban J connectivity index is 0.0000108. The number of aromatic hydroxyl groups is 1. The van der Waals surface area contributed by atoms with Gasteiger partial charge in [-0.25, -0.2) is 4.98 Å². The molecule has 5 heteroatoms. The van der Waals surface area contributed by atoms with Crippen molar-refractivity contribution in [2.24, 2.45) is 0 Å². The average molecular weight is 1090 g/mol. The SMILES string of the molecule is [2H]c1nc(-c2[c-]c(-c3cccc4c3nc(-c3cc(C([2H])(C)C)cc(C([2H])(C)C)c3O)n4-c3ccc(-c4c(C([2H])(C)C)cccc4C([2H])(C)C)cc3)cc(C(C)(C)C)c2)c([2H])c(-c2c([2H])c([2H])c(C(C([2H])([2H])[2H])(C([2H])([2H])[2H])C([2H])([2H])[2H])c([2H])c2[2H])c1[2H].[Pt]. The summed E-state index contributed by atoms with van der Waals surface area (Å²) in [7, 11) is 0. The molecule has 0 aliphatic rings. The van der Waals surface area contributed by atoms with E-state index in [1.54, 1.807) is 85.7 Å². The Morgan fingerprint density at radius 3 is 1.87 bits per heavy atom. The fourth-order valence-electron chi connectivity index (χ4n) is 8.18. The minimum absolute atomic E-state index is 0. The van der Waals surface area contributed by atoms with Gasteiger partial charge in [-0.2, -0.15) is 0 Å². The van der Waals surface area contributed by atoms with Gasteiger partial charge >= 0.3 is 0 Å². The van der Waals surface area contributed by atoms with Gasteiger partial charge in [-0.3, -0.25) is 9.55 Å². The van der Waals surface area contributed by atoms with Gasteiger partial charge < -0.3 is 5.11 Å². The van der Waals surface area contributed by atoms with Crippen LogP contribution in [0.1, 0.15) is 181 Å². The van der Waals surface area contributed by atoms with Gasteiger partial charge in [-0.15, -0.1) is 29.3 Å². The zero-order valence-electron chi connectivity index (χ0n) is 59.7. The first kappa shape index (κ1) is 29.3. The number of benzene rings is 6. The molecular weight excluding hydrogens is 998 g/mol. The molecule has 8 rings (SSSR count). The molecule has 0 saturated heterocycles. The van der Waals surface area contributed by atoms with Crippen LogP contribution in [0.15, 0.2) is 127 Å². The van der Waals surface area contributed by atoms with Gasteiger partial charge in [0, 0.05) is 56.4 Å². The monoisotopic (exact) mass is 1090 g/mol. The van der Waals surface area contributed by atoms with Crippen molar-refractivity contribution in [1.82, 2.24) is 14.5 Å². The third-order valence-corrected chi connectivity index (χ3v) is 11.8. The molecule has 0 radical (unpaired) electrons. The molecule has 0 unspecified atom stereocenters. The van der Waals surface area contributed by atoms with E-state index < -0.39 is 114 Å². The van der Waals surface area contributed by atoms with Crippen molar-refractivity contribution in [3.63, 3.8) is 0 Å². The zero-order valence-corrected chi connectivity index (χ0v) is 42.0. The quantitative estimate of drug-likeness (QED) is 0.139. The second kappa shape index (κ2) is 19.2. The molecule has 0 aliphatic carbocycles. The van der Waals surface area contributed by atoms with Crippen LogP contribution in [0.5, 0.6) is 5.75 Å². The van der Waals surface area contributed by atoms with E-state index >= 15 is 0 Å². The summed E-state index contributed by atoms with van der Waals surface area (Å²) in [5.74, 6) is -4.64. The molecule has 6 aromatic carbocycles. The molecule has 348 valence electrons. The molecule has 2 aromatic heterocycles. The minimum atomic E-state index is -3.95.